The van der Waals surface area contributed by atoms with Gasteiger partial charge >= 0.3 is 0 Å². The van der Waals surface area contributed by atoms with E-state index >= 15 is 0 Å². The Labute approximate surface area is 412 Å². The van der Waals surface area contributed by atoms with Crippen molar-refractivity contribution < 1.29 is 163 Å². The molecule has 8 rings (SSSR count). The van der Waals surface area contributed by atoms with Gasteiger partial charge in [-0.05, 0) is 0 Å². The van der Waals surface area contributed by atoms with E-state index in [4.69, 9.17) is 71.1 Å². The van der Waals surface area contributed by atoms with E-state index in [2.05, 4.69) is 0 Å². The summed E-state index contributed by atoms with van der Waals surface area (Å²) in [7, 11) is 0. The van der Waals surface area contributed by atoms with Crippen LogP contribution in [0.5, 0.6) is 0 Å². The zero-order valence-corrected chi connectivity index (χ0v) is 38.3. The molecule has 0 aliphatic carbocycles. The zero-order chi connectivity index (χ0) is 52.7. The number of aliphatic hydroxyl groups excluding tert-OH is 18. The molecular formula is C40H66O33. The number of rotatable bonds is 17. The predicted molar refractivity (Wildman–Crippen MR) is 216 cm³/mol. The second kappa shape index (κ2) is 24.8. The first kappa shape index (κ1) is 57.8. The van der Waals surface area contributed by atoms with Gasteiger partial charge in [0.15, 0.2) is 50.3 Å². The maximum absolute atomic E-state index is 12.0. The molecule has 0 amide bonds. The van der Waals surface area contributed by atoms with Crippen LogP contribution in [0.1, 0.15) is 0 Å². The van der Waals surface area contributed by atoms with Gasteiger partial charge in [-0.1, -0.05) is 0 Å². The van der Waals surface area contributed by atoms with Crippen molar-refractivity contribution in [2.75, 3.05) is 52.9 Å². The highest BCUT2D eigenvalue weighted by Crippen LogP contribution is 2.38. The third-order valence-corrected chi connectivity index (χ3v) is 13.7. The van der Waals surface area contributed by atoms with Crippen LogP contribution in [0.2, 0.25) is 0 Å². The third-order valence-electron chi connectivity index (χ3n) is 13.7. The first-order valence-corrected chi connectivity index (χ1v) is 23.4. The molecule has 18 N–H and O–H groups in total. The van der Waals surface area contributed by atoms with Crippen LogP contribution in [0.3, 0.4) is 0 Å². The van der Waals surface area contributed by atoms with Crippen molar-refractivity contribution >= 4 is 0 Å². The van der Waals surface area contributed by atoms with Crippen LogP contribution in [-0.2, 0) is 71.1 Å². The fourth-order valence-electron chi connectivity index (χ4n) is 9.34. The minimum Gasteiger partial charge on any atom is -0.394 e. The highest BCUT2D eigenvalue weighted by Gasteiger charge is 2.57. The van der Waals surface area contributed by atoms with E-state index in [9.17, 15) is 91.9 Å². The van der Waals surface area contributed by atoms with Gasteiger partial charge in [-0.25, -0.2) is 0 Å². The number of ether oxygens (including phenoxy) is 15. The molecule has 32 atom stereocenters. The SMILES string of the molecule is OC[C@@H]1O[C@@H](O[C@@H]2[C@@H](O)[C@H](O[C@@H]3CO[C@@H](O[C@@H]4CO[C@@H](O)[C@H](O)[C@H]4O)[C@H](O)[C@H]3O)OC[C@H]2O[C@@H]2OC[C@@H](O[C@@H]3OC[C@@H](O)[C@H](O)[C@H]3O)[C@H](O[C@@H]3O[C@@H](CO)[C@H](O)[C@H]3O)[C@H]2O[C@@H]2O[C@@H](CO)[C@H](O)[C@H]2O)[C@H](O)[C@H]1O. The second-order valence-electron chi connectivity index (χ2n) is 18.7. The van der Waals surface area contributed by atoms with Gasteiger partial charge in [0.2, 0.25) is 0 Å². The van der Waals surface area contributed by atoms with Crippen LogP contribution in [0, 0.1) is 0 Å². The summed E-state index contributed by atoms with van der Waals surface area (Å²) in [6, 6.07) is 0. The van der Waals surface area contributed by atoms with E-state index in [1.807, 2.05) is 0 Å². The van der Waals surface area contributed by atoms with Crippen LogP contribution in [0.4, 0.5) is 0 Å². The monoisotopic (exact) mass is 1070 g/mol. The van der Waals surface area contributed by atoms with Gasteiger partial charge < -0.3 is 163 Å². The Morgan fingerprint density at radius 1 is 0.274 bits per heavy atom. The molecule has 8 fully saturated rings. The predicted octanol–water partition coefficient (Wildman–Crippen LogP) is -13.3. The molecule has 8 heterocycles. The van der Waals surface area contributed by atoms with Crippen molar-refractivity contribution in [3.05, 3.63) is 0 Å². The summed E-state index contributed by atoms with van der Waals surface area (Å²) >= 11 is 0. The van der Waals surface area contributed by atoms with Gasteiger partial charge in [0, 0.05) is 0 Å². The second-order valence-corrected chi connectivity index (χ2v) is 18.7. The minimum absolute atomic E-state index is 0.446. The number of hydrogen-bond acceptors (Lipinski definition) is 33. The van der Waals surface area contributed by atoms with Crippen molar-refractivity contribution in [1.82, 2.24) is 0 Å². The van der Waals surface area contributed by atoms with Gasteiger partial charge in [-0.15, -0.1) is 0 Å². The molecule has 0 radical (unpaired) electrons. The smallest absolute Gasteiger partial charge is 0.187 e. The molecular weight excluding hydrogens is 1010 g/mol. The van der Waals surface area contributed by atoms with Crippen LogP contribution in [0.25, 0.3) is 0 Å². The first-order valence-electron chi connectivity index (χ1n) is 23.4. The van der Waals surface area contributed by atoms with E-state index in [1.54, 1.807) is 0 Å². The molecule has 0 aromatic rings. The molecule has 0 aromatic carbocycles. The molecule has 33 heteroatoms. The topological polar surface area (TPSA) is 503 Å². The molecule has 0 aromatic heterocycles. The van der Waals surface area contributed by atoms with Gasteiger partial charge in [0.05, 0.1) is 52.9 Å². The van der Waals surface area contributed by atoms with E-state index in [-0.39, 0.29) is 0 Å². The lowest BCUT2D eigenvalue weighted by molar-refractivity contribution is -0.389. The van der Waals surface area contributed by atoms with Crippen LogP contribution in [-0.4, -0.2) is 342 Å². The van der Waals surface area contributed by atoms with E-state index < -0.39 is 250 Å². The maximum atomic E-state index is 12.0. The van der Waals surface area contributed by atoms with Crippen molar-refractivity contribution in [2.24, 2.45) is 0 Å². The quantitative estimate of drug-likeness (QED) is 0.0643. The summed E-state index contributed by atoms with van der Waals surface area (Å²) in [6.45, 7) is -5.38. The Bertz CT molecular complexity index is 1710. The largest absolute Gasteiger partial charge is 0.394 e. The molecule has 0 unspecified atom stereocenters. The summed E-state index contributed by atoms with van der Waals surface area (Å²) in [5.41, 5.74) is 0. The number of aliphatic hydroxyl groups is 18. The van der Waals surface area contributed by atoms with Gasteiger partial charge in [-0.2, -0.15) is 0 Å². The van der Waals surface area contributed by atoms with Crippen molar-refractivity contribution in [3.8, 4) is 0 Å². The van der Waals surface area contributed by atoms with Crippen LogP contribution >= 0.6 is 0 Å². The average Bonchev–Trinajstić information content (AvgIpc) is 3.93. The first-order chi connectivity index (χ1) is 34.8. The van der Waals surface area contributed by atoms with Crippen molar-refractivity contribution in [1.29, 1.82) is 0 Å². The Hall–Kier alpha value is -1.32. The molecule has 8 aliphatic rings. The maximum Gasteiger partial charge on any atom is 0.187 e. The molecule has 0 spiro atoms. The highest BCUT2D eigenvalue weighted by atomic mass is 16.8. The molecule has 0 bridgehead atoms. The van der Waals surface area contributed by atoms with E-state index in [1.165, 1.54) is 0 Å². The summed E-state index contributed by atoms with van der Waals surface area (Å²) < 4.78 is 86.6. The molecule has 73 heavy (non-hydrogen) atoms. The Kier molecular flexibility index (Phi) is 19.6. The Morgan fingerprint density at radius 3 is 1.11 bits per heavy atom. The zero-order valence-electron chi connectivity index (χ0n) is 38.3. The summed E-state index contributed by atoms with van der Waals surface area (Å²) in [5, 5.41) is 190. The van der Waals surface area contributed by atoms with Gasteiger partial charge in [0.25, 0.3) is 0 Å². The van der Waals surface area contributed by atoms with Crippen molar-refractivity contribution in [2.45, 2.75) is 197 Å². The Balaban J connectivity index is 1.05. The minimum atomic E-state index is -2.07. The fourth-order valence-corrected chi connectivity index (χ4v) is 9.34. The molecule has 8 aliphatic heterocycles. The summed E-state index contributed by atoms with van der Waals surface area (Å²) in [6.07, 6.45) is -55.7. The van der Waals surface area contributed by atoms with Crippen molar-refractivity contribution in [3.63, 3.8) is 0 Å². The van der Waals surface area contributed by atoms with E-state index in [0.717, 1.165) is 0 Å². The molecule has 8 saturated heterocycles. The van der Waals surface area contributed by atoms with Gasteiger partial charge in [0.1, 0.15) is 146 Å². The molecule has 0 saturated carbocycles. The fraction of sp³-hybridized carbons (Fsp3) is 1.00. The third kappa shape index (κ3) is 12.1. The Morgan fingerprint density at radius 2 is 0.616 bits per heavy atom. The highest BCUT2D eigenvalue weighted by molar-refractivity contribution is 4.98. The molecule has 33 nitrogen and oxygen atoms in total. The van der Waals surface area contributed by atoms with E-state index in [0.29, 0.717) is 0 Å². The number of hydrogen-bond donors (Lipinski definition) is 18. The summed E-state index contributed by atoms with van der Waals surface area (Å²) in [4.78, 5) is 0. The van der Waals surface area contributed by atoms with Gasteiger partial charge in [-0.3, -0.25) is 0 Å². The standard InChI is InChI=1S/C40H66O33/c41-1-10-18(46)26(54)37(64-10)71-30-15(7-62-36(29(30)57)68-14-6-61-35(25(53)22(14)50)67-13-5-59-33(58)23(51)21(13)49)70-40-32(73-39-28(56)20(48)12(3-43)66-39)31(72-38-27(55)19(47)11(2-42)65-38)16(8-63-40)69-34-24(52)17(45)9(44)4-60-34/h9-58H,1-8H2/t9-,10+,11+,12+,13-,14-,15-,16-,17+,18+,19+,20+,21+,22+,23-,24-,25-,26-,27-,28-,29-,30+,31+,32-,33-,34+,35+,36+,37+,38+,39+,40+/m1/s1. The van der Waals surface area contributed by atoms with Crippen LogP contribution < -0.4 is 0 Å². The summed E-state index contributed by atoms with van der Waals surface area (Å²) in [5.74, 6) is 0. The normalized spacial score (nSPS) is 54.0. The molecule has 424 valence electrons. The average molecular weight is 1070 g/mol. The lowest BCUT2D eigenvalue weighted by Crippen LogP contribution is -2.65. The van der Waals surface area contributed by atoms with Crippen LogP contribution in [0.15, 0.2) is 0 Å². The lowest BCUT2D eigenvalue weighted by atomic mass is 10.0. The lowest BCUT2D eigenvalue weighted by Gasteiger charge is -2.48.